The van der Waals surface area contributed by atoms with Crippen molar-refractivity contribution in [2.45, 2.75) is 181 Å². The van der Waals surface area contributed by atoms with Gasteiger partial charge in [-0.1, -0.05) is 60.1 Å². The van der Waals surface area contributed by atoms with Crippen LogP contribution in [0, 0.1) is 50.2 Å². The number of aliphatic hydroxyl groups excluding tert-OH is 5. The third kappa shape index (κ3) is 5.64. The number of aliphatic carboxylic acids is 1. The van der Waals surface area contributed by atoms with Gasteiger partial charge in [0.25, 0.3) is 0 Å². The van der Waals surface area contributed by atoms with Crippen LogP contribution in [0.4, 0.5) is 0 Å². The number of allylic oxidation sites excluding steroid dienone is 2. The fourth-order valence-corrected chi connectivity index (χ4v) is 13.3. The normalized spacial score (nSPS) is 54.1. The van der Waals surface area contributed by atoms with Crippen LogP contribution in [-0.2, 0) is 23.7 Å². The SMILES string of the molecule is C[C@H]1O[C@@H](O[C@H]2[C@H](O[C@H]3CC[C@]4(C)[C@H]5CC=C6[C@@H]7CC(C)(C)CC[C@]7(C(=O)O)CC[C@@]6(C)[C@]5(C)CC[C@H]4C3(C)C)OC[C@H](O)[C@@H]2O)[C@H](O)[C@@H](O)[C@@H]1O. The maximum Gasteiger partial charge on any atom is 0.310 e. The number of carbonyl (C=O) groups is 1. The molecule has 296 valence electrons. The highest BCUT2D eigenvalue weighted by Crippen LogP contribution is 2.76. The molecule has 11 nitrogen and oxygen atoms in total. The molecule has 2 heterocycles. The van der Waals surface area contributed by atoms with Crippen molar-refractivity contribution in [3.05, 3.63) is 11.6 Å². The maximum absolute atomic E-state index is 13.0. The van der Waals surface area contributed by atoms with Crippen LogP contribution in [0.1, 0.15) is 120 Å². The van der Waals surface area contributed by atoms with E-state index in [4.69, 9.17) is 18.9 Å². The largest absolute Gasteiger partial charge is 0.481 e. The number of rotatable bonds is 5. The maximum atomic E-state index is 13.0. The molecular formula is C41H66O11. The van der Waals surface area contributed by atoms with Gasteiger partial charge in [0.1, 0.15) is 36.6 Å². The number of hydrogen-bond acceptors (Lipinski definition) is 10. The summed E-state index contributed by atoms with van der Waals surface area (Å²) in [6.45, 7) is 18.1. The lowest BCUT2D eigenvalue weighted by Gasteiger charge is -2.71. The van der Waals surface area contributed by atoms with Crippen LogP contribution in [0.25, 0.3) is 0 Å². The first-order chi connectivity index (χ1) is 24.1. The molecule has 2 saturated heterocycles. The van der Waals surface area contributed by atoms with Gasteiger partial charge in [-0.3, -0.25) is 4.79 Å². The molecule has 0 radical (unpaired) electrons. The molecule has 2 aliphatic heterocycles. The smallest absolute Gasteiger partial charge is 0.310 e. The molecule has 4 saturated carbocycles. The molecular weight excluding hydrogens is 668 g/mol. The third-order valence-electron chi connectivity index (χ3n) is 16.8. The number of carboxylic acids is 1. The van der Waals surface area contributed by atoms with Gasteiger partial charge in [0.15, 0.2) is 12.6 Å². The first kappa shape index (κ1) is 39.1. The molecule has 6 fully saturated rings. The minimum absolute atomic E-state index is 0.0146. The molecule has 0 aromatic rings. The molecule has 7 rings (SSSR count). The summed E-state index contributed by atoms with van der Waals surface area (Å²) < 4.78 is 24.5. The summed E-state index contributed by atoms with van der Waals surface area (Å²) in [6, 6.07) is 0. The van der Waals surface area contributed by atoms with Crippen LogP contribution < -0.4 is 0 Å². The highest BCUT2D eigenvalue weighted by molar-refractivity contribution is 5.76. The van der Waals surface area contributed by atoms with Crippen molar-refractivity contribution in [2.75, 3.05) is 6.61 Å². The van der Waals surface area contributed by atoms with E-state index in [1.807, 2.05) is 0 Å². The monoisotopic (exact) mass is 734 g/mol. The lowest BCUT2D eigenvalue weighted by atomic mass is 9.33. The Labute approximate surface area is 309 Å². The van der Waals surface area contributed by atoms with E-state index in [-0.39, 0.29) is 45.7 Å². The molecule has 0 aromatic heterocycles. The Morgan fingerprint density at radius 3 is 2.17 bits per heavy atom. The van der Waals surface area contributed by atoms with Gasteiger partial charge in [0, 0.05) is 0 Å². The molecule has 6 N–H and O–H groups in total. The number of aliphatic hydroxyl groups is 5. The molecule has 52 heavy (non-hydrogen) atoms. The lowest BCUT2D eigenvalue weighted by Crippen LogP contribution is -2.66. The Kier molecular flexibility index (Phi) is 9.74. The molecule has 0 spiro atoms. The number of fused-ring (bicyclic) bond motifs is 7. The van der Waals surface area contributed by atoms with E-state index < -0.39 is 66.7 Å². The standard InChI is InChI=1S/C41H66O11/c1-21-28(43)30(45)31(46)33(50-21)52-32-29(44)24(42)20-49-34(32)51-27-12-13-38(6)25(37(27,4)5)11-14-40(8)26(38)10-9-22-23-19-36(2,3)15-17-41(23,35(47)48)18-16-39(22,40)7/h9,21,23-34,42-46H,10-20H2,1-8H3,(H,47,48)/t21-,23+,24+,25+,26-,27+,28-,29+,30+,31-,32-,33+,34+,38+,39-,40-,41+/m1/s1. The molecule has 5 aliphatic carbocycles. The van der Waals surface area contributed by atoms with E-state index in [0.717, 1.165) is 64.2 Å². The van der Waals surface area contributed by atoms with Crippen molar-refractivity contribution in [1.29, 1.82) is 0 Å². The minimum atomic E-state index is -1.58. The summed E-state index contributed by atoms with van der Waals surface area (Å²) in [4.78, 5) is 13.0. The van der Waals surface area contributed by atoms with Gasteiger partial charge in [-0.2, -0.15) is 0 Å². The zero-order valence-corrected chi connectivity index (χ0v) is 32.6. The van der Waals surface area contributed by atoms with E-state index in [0.29, 0.717) is 11.8 Å². The number of ether oxygens (including phenoxy) is 4. The Bertz CT molecular complexity index is 1410. The Hall–Kier alpha value is -1.15. The molecule has 7 aliphatic rings. The van der Waals surface area contributed by atoms with Crippen LogP contribution in [0.2, 0.25) is 0 Å². The van der Waals surface area contributed by atoms with Crippen molar-refractivity contribution in [3.8, 4) is 0 Å². The van der Waals surface area contributed by atoms with E-state index >= 15 is 0 Å². The van der Waals surface area contributed by atoms with E-state index in [1.54, 1.807) is 6.92 Å². The second kappa shape index (κ2) is 12.9. The van der Waals surface area contributed by atoms with E-state index in [9.17, 15) is 35.4 Å². The highest BCUT2D eigenvalue weighted by atomic mass is 16.8. The first-order valence-corrected chi connectivity index (χ1v) is 20.1. The zero-order valence-electron chi connectivity index (χ0n) is 32.6. The number of carboxylic acid groups (broad SMARTS) is 1. The summed E-state index contributed by atoms with van der Waals surface area (Å²) in [7, 11) is 0. The third-order valence-corrected chi connectivity index (χ3v) is 16.8. The molecule has 0 bridgehead atoms. The van der Waals surface area contributed by atoms with Gasteiger partial charge >= 0.3 is 5.97 Å². The predicted molar refractivity (Wildman–Crippen MR) is 191 cm³/mol. The number of hydrogen-bond donors (Lipinski definition) is 6. The second-order valence-electron chi connectivity index (χ2n) is 20.2. The Balaban J connectivity index is 1.13. The Morgan fingerprint density at radius 2 is 1.48 bits per heavy atom. The van der Waals surface area contributed by atoms with Crippen molar-refractivity contribution >= 4 is 5.97 Å². The van der Waals surface area contributed by atoms with E-state index in [2.05, 4.69) is 54.5 Å². The van der Waals surface area contributed by atoms with Gasteiger partial charge in [-0.15, -0.1) is 0 Å². The average Bonchev–Trinajstić information content (AvgIpc) is 3.06. The van der Waals surface area contributed by atoms with Gasteiger partial charge in [0.2, 0.25) is 0 Å². The minimum Gasteiger partial charge on any atom is -0.481 e. The highest BCUT2D eigenvalue weighted by Gasteiger charge is 2.69. The average molecular weight is 735 g/mol. The summed E-state index contributed by atoms with van der Waals surface area (Å²) in [5.41, 5.74) is 0.579. The van der Waals surface area contributed by atoms with E-state index in [1.165, 1.54) is 5.57 Å². The fourth-order valence-electron chi connectivity index (χ4n) is 13.3. The van der Waals surface area contributed by atoms with Crippen LogP contribution in [0.3, 0.4) is 0 Å². The summed E-state index contributed by atoms with van der Waals surface area (Å²) >= 11 is 0. The van der Waals surface area contributed by atoms with Crippen molar-refractivity contribution in [2.24, 2.45) is 50.2 Å². The molecule has 0 unspecified atom stereocenters. The summed E-state index contributed by atoms with van der Waals surface area (Å²) in [6.07, 6.45) is -0.253. The zero-order chi connectivity index (χ0) is 38.0. The van der Waals surface area contributed by atoms with Crippen LogP contribution in [0.5, 0.6) is 0 Å². The fraction of sp³-hybridized carbons (Fsp3) is 0.927. The van der Waals surface area contributed by atoms with Gasteiger partial charge in [0.05, 0.1) is 24.2 Å². The lowest BCUT2D eigenvalue weighted by molar-refractivity contribution is -0.364. The van der Waals surface area contributed by atoms with Crippen LogP contribution >= 0.6 is 0 Å². The van der Waals surface area contributed by atoms with Crippen LogP contribution in [-0.4, -0.2) is 105 Å². The molecule has 0 amide bonds. The van der Waals surface area contributed by atoms with Crippen molar-refractivity contribution in [3.63, 3.8) is 0 Å². The quantitative estimate of drug-likeness (QED) is 0.173. The van der Waals surface area contributed by atoms with Crippen molar-refractivity contribution < 1.29 is 54.4 Å². The topological polar surface area (TPSA) is 175 Å². The van der Waals surface area contributed by atoms with Gasteiger partial charge < -0.3 is 49.6 Å². The van der Waals surface area contributed by atoms with Crippen LogP contribution in [0.15, 0.2) is 11.6 Å². The summed E-state index contributed by atoms with van der Waals surface area (Å²) in [5, 5.41) is 63.6. The molecule has 17 atom stereocenters. The van der Waals surface area contributed by atoms with Gasteiger partial charge in [-0.25, -0.2) is 0 Å². The second-order valence-corrected chi connectivity index (χ2v) is 20.2. The predicted octanol–water partition coefficient (Wildman–Crippen LogP) is 4.55. The molecule has 11 heteroatoms. The van der Waals surface area contributed by atoms with Crippen molar-refractivity contribution in [1.82, 2.24) is 0 Å². The molecule has 0 aromatic carbocycles. The first-order valence-electron chi connectivity index (χ1n) is 20.1. The Morgan fingerprint density at radius 1 is 0.788 bits per heavy atom. The summed E-state index contributed by atoms with van der Waals surface area (Å²) in [5.74, 6) is 0.219. The van der Waals surface area contributed by atoms with Gasteiger partial charge in [-0.05, 0) is 116 Å².